The molecule has 1 atom stereocenters. The standard InChI is InChI=1S/C10H14O2/c1-8(2)6-4-5-7-9(3)10(11)12/h4-7,9H,1H2,2-3H3,(H,11,12). The minimum Gasteiger partial charge on any atom is -0.481 e. The Bertz CT molecular complexity index is 224. The third-order valence-electron chi connectivity index (χ3n) is 1.28. The molecule has 0 bridgehead atoms. The zero-order valence-corrected chi connectivity index (χ0v) is 7.45. The van der Waals surface area contributed by atoms with Crippen LogP contribution in [0.5, 0.6) is 0 Å². The molecule has 0 aliphatic heterocycles. The lowest BCUT2D eigenvalue weighted by Gasteiger charge is -1.94. The molecule has 0 aliphatic carbocycles. The van der Waals surface area contributed by atoms with Crippen LogP contribution >= 0.6 is 0 Å². The van der Waals surface area contributed by atoms with Crippen LogP contribution in [0.25, 0.3) is 0 Å². The first-order valence-corrected chi connectivity index (χ1v) is 3.77. The van der Waals surface area contributed by atoms with Gasteiger partial charge in [-0.3, -0.25) is 4.79 Å². The van der Waals surface area contributed by atoms with E-state index in [1.807, 2.05) is 13.0 Å². The van der Waals surface area contributed by atoms with Crippen LogP contribution in [-0.2, 0) is 4.79 Å². The molecule has 0 aromatic carbocycles. The molecule has 0 saturated heterocycles. The normalized spacial score (nSPS) is 13.8. The molecule has 1 N–H and O–H groups in total. The summed E-state index contributed by atoms with van der Waals surface area (Å²) < 4.78 is 0. The van der Waals surface area contributed by atoms with Gasteiger partial charge in [-0.05, 0) is 13.8 Å². The summed E-state index contributed by atoms with van der Waals surface area (Å²) in [6.45, 7) is 7.18. The molecule has 0 spiro atoms. The maximum Gasteiger partial charge on any atom is 0.310 e. The van der Waals surface area contributed by atoms with Gasteiger partial charge in [-0.1, -0.05) is 36.5 Å². The average molecular weight is 166 g/mol. The SMILES string of the molecule is C=C(C)C=CC=CC(C)C(=O)O. The Hall–Kier alpha value is -1.31. The van der Waals surface area contributed by atoms with Gasteiger partial charge in [-0.15, -0.1) is 0 Å². The molecular weight excluding hydrogens is 152 g/mol. The van der Waals surface area contributed by atoms with Crippen molar-refractivity contribution in [1.29, 1.82) is 0 Å². The Morgan fingerprint density at radius 1 is 1.50 bits per heavy atom. The molecule has 0 heterocycles. The lowest BCUT2D eigenvalue weighted by Crippen LogP contribution is -2.05. The molecule has 66 valence electrons. The molecule has 0 aromatic heterocycles. The van der Waals surface area contributed by atoms with Gasteiger partial charge in [0, 0.05) is 0 Å². The van der Waals surface area contributed by atoms with Crippen molar-refractivity contribution in [1.82, 2.24) is 0 Å². The van der Waals surface area contributed by atoms with E-state index >= 15 is 0 Å². The maximum absolute atomic E-state index is 10.3. The highest BCUT2D eigenvalue weighted by atomic mass is 16.4. The fourth-order valence-electron chi connectivity index (χ4n) is 0.533. The molecule has 0 aliphatic rings. The van der Waals surface area contributed by atoms with Gasteiger partial charge < -0.3 is 5.11 Å². The quantitative estimate of drug-likeness (QED) is 0.651. The highest BCUT2D eigenvalue weighted by molar-refractivity contribution is 5.71. The van der Waals surface area contributed by atoms with E-state index in [0.29, 0.717) is 0 Å². The maximum atomic E-state index is 10.3. The van der Waals surface area contributed by atoms with Crippen molar-refractivity contribution in [3.8, 4) is 0 Å². The Morgan fingerprint density at radius 3 is 2.50 bits per heavy atom. The molecule has 0 rings (SSSR count). The monoisotopic (exact) mass is 166 g/mol. The van der Waals surface area contributed by atoms with Crippen LogP contribution in [0.4, 0.5) is 0 Å². The minimum absolute atomic E-state index is 0.431. The summed E-state index contributed by atoms with van der Waals surface area (Å²) in [7, 11) is 0. The fraction of sp³-hybridized carbons (Fsp3) is 0.300. The number of allylic oxidation sites excluding steroid dienone is 4. The van der Waals surface area contributed by atoms with Gasteiger partial charge in [-0.2, -0.15) is 0 Å². The summed E-state index contributed by atoms with van der Waals surface area (Å²) in [5.74, 6) is -1.24. The number of rotatable bonds is 4. The highest BCUT2D eigenvalue weighted by Crippen LogP contribution is 1.97. The van der Waals surface area contributed by atoms with E-state index in [9.17, 15) is 4.79 Å². The third-order valence-corrected chi connectivity index (χ3v) is 1.28. The Morgan fingerprint density at radius 2 is 2.08 bits per heavy atom. The van der Waals surface area contributed by atoms with Crippen molar-refractivity contribution < 1.29 is 9.90 Å². The van der Waals surface area contributed by atoms with Gasteiger partial charge in [0.2, 0.25) is 0 Å². The molecule has 0 radical (unpaired) electrons. The Kier molecular flexibility index (Phi) is 4.77. The van der Waals surface area contributed by atoms with Gasteiger partial charge in [0.15, 0.2) is 0 Å². The number of hydrogen-bond donors (Lipinski definition) is 1. The van der Waals surface area contributed by atoms with Crippen molar-refractivity contribution in [3.05, 3.63) is 36.5 Å². The van der Waals surface area contributed by atoms with Gasteiger partial charge in [0.05, 0.1) is 5.92 Å². The lowest BCUT2D eigenvalue weighted by molar-refractivity contribution is -0.139. The van der Waals surface area contributed by atoms with E-state index in [2.05, 4.69) is 6.58 Å². The molecular formula is C10H14O2. The Balaban J connectivity index is 3.92. The van der Waals surface area contributed by atoms with Gasteiger partial charge in [0.25, 0.3) is 0 Å². The molecule has 2 heteroatoms. The zero-order valence-electron chi connectivity index (χ0n) is 7.45. The third kappa shape index (κ3) is 5.47. The summed E-state index contributed by atoms with van der Waals surface area (Å²) in [6.07, 6.45) is 6.95. The summed E-state index contributed by atoms with van der Waals surface area (Å²) in [4.78, 5) is 10.3. The average Bonchev–Trinajstić information content (AvgIpc) is 1.97. The van der Waals surface area contributed by atoms with Crippen molar-refractivity contribution in [3.63, 3.8) is 0 Å². The predicted molar refractivity (Wildman–Crippen MR) is 49.9 cm³/mol. The molecule has 12 heavy (non-hydrogen) atoms. The van der Waals surface area contributed by atoms with Crippen molar-refractivity contribution in [2.24, 2.45) is 5.92 Å². The number of carbonyl (C=O) groups is 1. The zero-order chi connectivity index (χ0) is 9.56. The number of hydrogen-bond acceptors (Lipinski definition) is 1. The minimum atomic E-state index is -0.810. The van der Waals surface area contributed by atoms with E-state index < -0.39 is 11.9 Å². The molecule has 0 aromatic rings. The van der Waals surface area contributed by atoms with Crippen molar-refractivity contribution in [2.45, 2.75) is 13.8 Å². The van der Waals surface area contributed by atoms with Crippen LogP contribution in [0.15, 0.2) is 36.5 Å². The van der Waals surface area contributed by atoms with Gasteiger partial charge >= 0.3 is 5.97 Å². The van der Waals surface area contributed by atoms with Crippen LogP contribution < -0.4 is 0 Å². The molecule has 0 saturated carbocycles. The van der Waals surface area contributed by atoms with Crippen molar-refractivity contribution in [2.75, 3.05) is 0 Å². The second-order valence-electron chi connectivity index (χ2n) is 2.72. The summed E-state index contributed by atoms with van der Waals surface area (Å²) in [5.41, 5.74) is 0.947. The van der Waals surface area contributed by atoms with E-state index in [4.69, 9.17) is 5.11 Å². The van der Waals surface area contributed by atoms with Gasteiger partial charge in [-0.25, -0.2) is 0 Å². The van der Waals surface area contributed by atoms with Crippen LogP contribution in [0.3, 0.4) is 0 Å². The van der Waals surface area contributed by atoms with E-state index in [1.54, 1.807) is 25.2 Å². The van der Waals surface area contributed by atoms with Crippen LogP contribution in [0, 0.1) is 5.92 Å². The topological polar surface area (TPSA) is 37.3 Å². The smallest absolute Gasteiger partial charge is 0.310 e. The fourth-order valence-corrected chi connectivity index (χ4v) is 0.533. The first kappa shape index (κ1) is 10.7. The summed E-state index contributed by atoms with van der Waals surface area (Å²) in [5, 5.41) is 8.50. The first-order valence-electron chi connectivity index (χ1n) is 3.77. The summed E-state index contributed by atoms with van der Waals surface area (Å²) in [6, 6.07) is 0. The number of carboxylic acids is 1. The molecule has 0 amide bonds. The molecule has 1 unspecified atom stereocenters. The first-order chi connectivity index (χ1) is 5.54. The Labute approximate surface area is 72.9 Å². The number of aliphatic carboxylic acids is 1. The van der Waals surface area contributed by atoms with Crippen LogP contribution in [-0.4, -0.2) is 11.1 Å². The van der Waals surface area contributed by atoms with Crippen LogP contribution in [0.1, 0.15) is 13.8 Å². The van der Waals surface area contributed by atoms with Gasteiger partial charge in [0.1, 0.15) is 0 Å². The second kappa shape index (κ2) is 5.35. The van der Waals surface area contributed by atoms with E-state index in [-0.39, 0.29) is 0 Å². The van der Waals surface area contributed by atoms with Crippen LogP contribution in [0.2, 0.25) is 0 Å². The second-order valence-corrected chi connectivity index (χ2v) is 2.72. The molecule has 0 fully saturated rings. The van der Waals surface area contributed by atoms with Crippen molar-refractivity contribution >= 4 is 5.97 Å². The predicted octanol–water partition coefficient (Wildman–Crippen LogP) is 2.40. The summed E-state index contributed by atoms with van der Waals surface area (Å²) >= 11 is 0. The highest BCUT2D eigenvalue weighted by Gasteiger charge is 2.03. The lowest BCUT2D eigenvalue weighted by atomic mass is 10.1. The largest absolute Gasteiger partial charge is 0.481 e. The van der Waals surface area contributed by atoms with E-state index in [1.165, 1.54) is 0 Å². The van der Waals surface area contributed by atoms with E-state index in [0.717, 1.165) is 5.57 Å². The molecule has 2 nitrogen and oxygen atoms in total. The number of carboxylic acid groups (broad SMARTS) is 1.